The molecule has 38 heavy (non-hydrogen) atoms. The average molecular weight is 603 g/mol. The first-order chi connectivity index (χ1) is 18.4. The highest BCUT2D eigenvalue weighted by Crippen LogP contribution is 2.26. The molecule has 3 aliphatic heterocycles. The molecule has 1 aromatic carbocycles. The van der Waals surface area contributed by atoms with Crippen LogP contribution in [0.1, 0.15) is 22.9 Å². The Morgan fingerprint density at radius 2 is 1.45 bits per heavy atom. The molecule has 3 aliphatic rings. The van der Waals surface area contributed by atoms with Gasteiger partial charge in [0.25, 0.3) is 0 Å². The van der Waals surface area contributed by atoms with Gasteiger partial charge in [-0.05, 0) is 52.2 Å². The van der Waals surface area contributed by atoms with Gasteiger partial charge >= 0.3 is 0 Å². The Balaban J connectivity index is 0.000000133. The second-order valence-corrected chi connectivity index (χ2v) is 14.3. The van der Waals surface area contributed by atoms with Gasteiger partial charge in [0.2, 0.25) is 0 Å². The minimum absolute atomic E-state index is 0.349. The van der Waals surface area contributed by atoms with Crippen LogP contribution >= 0.6 is 58.0 Å². The summed E-state index contributed by atoms with van der Waals surface area (Å²) < 4.78 is 0. The van der Waals surface area contributed by atoms with E-state index < -0.39 is 0 Å². The summed E-state index contributed by atoms with van der Waals surface area (Å²) in [5.74, 6) is 2.09. The Morgan fingerprint density at radius 1 is 0.737 bits per heavy atom. The fourth-order valence-corrected chi connectivity index (χ4v) is 7.97. The first kappa shape index (κ1) is 29.1. The fourth-order valence-electron chi connectivity index (χ4n) is 4.06. The monoisotopic (exact) mass is 602 g/mol. The number of hydrogen-bond donors (Lipinski definition) is 3. The molecule has 0 aliphatic carbocycles. The van der Waals surface area contributed by atoms with Crippen molar-refractivity contribution in [1.29, 1.82) is 0 Å². The molecule has 202 valence electrons. The van der Waals surface area contributed by atoms with Crippen molar-refractivity contribution < 1.29 is 0 Å². The number of benzene rings is 1. The largest absolute Gasteiger partial charge is 0.379 e. The second kappa shape index (κ2) is 15.0. The minimum atomic E-state index is 0.349. The highest BCUT2D eigenvalue weighted by atomic mass is 32.2. The van der Waals surface area contributed by atoms with Gasteiger partial charge in [-0.15, -0.1) is 11.3 Å². The van der Waals surface area contributed by atoms with E-state index in [-0.39, 0.29) is 0 Å². The van der Waals surface area contributed by atoms with Crippen LogP contribution in [0, 0.1) is 0 Å². The number of amidine groups is 3. The SMILES string of the molecule is C[C@H]1SC(N)=N[C@@H]1Cc1ccccc1.NC1=N[C@H](Cc2cccs2)CS1.NC1=N[C@H](Cc2ccsc2)CS1. The summed E-state index contributed by atoms with van der Waals surface area (Å²) in [7, 11) is 0. The van der Waals surface area contributed by atoms with E-state index in [1.165, 1.54) is 16.0 Å². The molecule has 0 spiro atoms. The first-order valence-corrected chi connectivity index (χ1v) is 17.1. The van der Waals surface area contributed by atoms with E-state index in [9.17, 15) is 0 Å². The molecule has 0 radical (unpaired) electrons. The van der Waals surface area contributed by atoms with Gasteiger partial charge < -0.3 is 17.2 Å². The van der Waals surface area contributed by atoms with Gasteiger partial charge in [0.15, 0.2) is 15.5 Å². The van der Waals surface area contributed by atoms with Crippen LogP contribution in [0.25, 0.3) is 0 Å². The summed E-state index contributed by atoms with van der Waals surface area (Å²) in [4.78, 5) is 14.5. The number of aliphatic imine (C=N–C) groups is 3. The topological polar surface area (TPSA) is 115 Å². The van der Waals surface area contributed by atoms with Crippen LogP contribution in [-0.4, -0.2) is 50.4 Å². The van der Waals surface area contributed by atoms with Gasteiger partial charge in [-0.2, -0.15) is 11.3 Å². The van der Waals surface area contributed by atoms with E-state index in [0.717, 1.165) is 46.3 Å². The highest BCUT2D eigenvalue weighted by Gasteiger charge is 2.24. The van der Waals surface area contributed by atoms with Crippen LogP contribution in [0.5, 0.6) is 0 Å². The van der Waals surface area contributed by atoms with E-state index >= 15 is 0 Å². The van der Waals surface area contributed by atoms with E-state index in [2.05, 4.69) is 80.5 Å². The molecule has 0 saturated heterocycles. The van der Waals surface area contributed by atoms with Crippen molar-refractivity contribution in [1.82, 2.24) is 0 Å². The third-order valence-corrected chi connectivity index (χ3v) is 10.5. The molecule has 0 bridgehead atoms. The quantitative estimate of drug-likeness (QED) is 0.344. The molecule has 0 unspecified atom stereocenters. The molecule has 0 saturated carbocycles. The lowest BCUT2D eigenvalue weighted by Crippen LogP contribution is -2.16. The molecule has 6 rings (SSSR count). The Bertz CT molecular complexity index is 1130. The lowest BCUT2D eigenvalue weighted by molar-refractivity contribution is 0.675. The lowest BCUT2D eigenvalue weighted by atomic mass is 10.0. The lowest BCUT2D eigenvalue weighted by Gasteiger charge is -2.11. The van der Waals surface area contributed by atoms with Crippen molar-refractivity contribution in [2.45, 2.75) is 49.6 Å². The summed E-state index contributed by atoms with van der Waals surface area (Å²) in [5.41, 5.74) is 19.5. The summed E-state index contributed by atoms with van der Waals surface area (Å²) in [6, 6.07) is 18.0. The molecule has 0 amide bonds. The molecule has 6 nitrogen and oxygen atoms in total. The maximum atomic E-state index is 5.68. The number of thiophene rings is 2. The zero-order valence-electron chi connectivity index (χ0n) is 21.3. The van der Waals surface area contributed by atoms with E-state index in [0.29, 0.717) is 23.4 Å². The molecule has 4 atom stereocenters. The zero-order valence-corrected chi connectivity index (χ0v) is 25.4. The van der Waals surface area contributed by atoms with Crippen molar-refractivity contribution in [3.05, 3.63) is 80.7 Å². The van der Waals surface area contributed by atoms with Crippen LogP contribution in [0.3, 0.4) is 0 Å². The number of nitrogens with two attached hydrogens (primary N) is 3. The Hall–Kier alpha value is -1.92. The normalized spacial score (nSPS) is 24.0. The van der Waals surface area contributed by atoms with Crippen molar-refractivity contribution >= 4 is 73.5 Å². The van der Waals surface area contributed by atoms with Crippen molar-refractivity contribution in [3.63, 3.8) is 0 Å². The number of rotatable bonds is 6. The van der Waals surface area contributed by atoms with Gasteiger partial charge in [0, 0.05) is 28.1 Å². The maximum absolute atomic E-state index is 5.68. The molecule has 3 aromatic rings. The Labute approximate surface area is 246 Å². The van der Waals surface area contributed by atoms with Crippen molar-refractivity contribution in [2.75, 3.05) is 11.5 Å². The number of nitrogens with zero attached hydrogens (tertiary/aromatic N) is 3. The molecule has 11 heteroatoms. The molecular formula is C27H34N6S5. The standard InChI is InChI=1S/C11H14N2S.2C8H10N2S2/c1-8-10(13-11(12)14-8)7-9-5-3-2-4-6-9;9-8-10-7(5-12-8)3-6-1-2-11-4-6;9-8-10-6(5-12-8)4-7-2-1-3-11-7/h2-6,8,10H,7H2,1H3,(H2,12,13);1-2,4,7H,3,5H2,(H2,9,10);1-3,6H,4-5H2,(H2,9,10)/t8-,10-;7-;6-/m111/s1. The smallest absolute Gasteiger partial charge is 0.154 e. The molecule has 6 N–H and O–H groups in total. The predicted molar refractivity (Wildman–Crippen MR) is 174 cm³/mol. The zero-order chi connectivity index (χ0) is 26.7. The maximum Gasteiger partial charge on any atom is 0.154 e. The minimum Gasteiger partial charge on any atom is -0.379 e. The molecule has 2 aromatic heterocycles. The number of hydrogen-bond acceptors (Lipinski definition) is 11. The fraction of sp³-hybridized carbons (Fsp3) is 0.370. The summed E-state index contributed by atoms with van der Waals surface area (Å²) in [6.45, 7) is 2.18. The predicted octanol–water partition coefficient (Wildman–Crippen LogP) is 5.49. The average Bonchev–Trinajstić information content (AvgIpc) is 3.73. The number of thioether (sulfide) groups is 3. The van der Waals surface area contributed by atoms with Gasteiger partial charge in [0.1, 0.15) is 0 Å². The van der Waals surface area contributed by atoms with Gasteiger partial charge in [-0.3, -0.25) is 15.0 Å². The van der Waals surface area contributed by atoms with Crippen LogP contribution in [0.2, 0.25) is 0 Å². The molecule has 0 fully saturated rings. The van der Waals surface area contributed by atoms with Crippen molar-refractivity contribution in [2.24, 2.45) is 32.2 Å². The van der Waals surface area contributed by atoms with E-state index in [4.69, 9.17) is 17.2 Å². The molecular weight excluding hydrogens is 569 g/mol. The van der Waals surface area contributed by atoms with Gasteiger partial charge in [-0.1, -0.05) is 78.6 Å². The Morgan fingerprint density at radius 3 is 1.97 bits per heavy atom. The first-order valence-electron chi connectivity index (χ1n) is 12.4. The van der Waals surface area contributed by atoms with Gasteiger partial charge in [-0.25, -0.2) is 0 Å². The highest BCUT2D eigenvalue weighted by molar-refractivity contribution is 8.14. The van der Waals surface area contributed by atoms with Crippen LogP contribution in [0.15, 0.2) is 79.6 Å². The second-order valence-electron chi connectivity index (χ2n) is 9.03. The summed E-state index contributed by atoms with van der Waals surface area (Å²) in [5, 5.41) is 9.12. The Kier molecular flexibility index (Phi) is 11.5. The third-order valence-electron chi connectivity index (χ3n) is 5.96. The summed E-state index contributed by atoms with van der Waals surface area (Å²) >= 11 is 8.52. The van der Waals surface area contributed by atoms with Crippen LogP contribution in [0.4, 0.5) is 0 Å². The van der Waals surface area contributed by atoms with Crippen LogP contribution in [-0.2, 0) is 19.3 Å². The van der Waals surface area contributed by atoms with E-state index in [1.54, 1.807) is 58.0 Å². The van der Waals surface area contributed by atoms with E-state index in [1.807, 2.05) is 6.07 Å². The molecule has 5 heterocycles. The third kappa shape index (κ3) is 9.68. The van der Waals surface area contributed by atoms with Gasteiger partial charge in [0.05, 0.1) is 18.1 Å². The van der Waals surface area contributed by atoms with Crippen molar-refractivity contribution in [3.8, 4) is 0 Å². The summed E-state index contributed by atoms with van der Waals surface area (Å²) in [6.07, 6.45) is 3.08. The van der Waals surface area contributed by atoms with Crippen LogP contribution < -0.4 is 17.2 Å².